The first-order valence-electron chi connectivity index (χ1n) is 8.20. The Morgan fingerprint density at radius 1 is 0.593 bits per heavy atom. The number of hydrogen-bond donors (Lipinski definition) is 0. The Labute approximate surface area is 157 Å². The third-order valence-corrected chi connectivity index (χ3v) is 4.57. The van der Waals surface area contributed by atoms with E-state index in [4.69, 9.17) is 4.74 Å². The molecule has 0 aromatic heterocycles. The molecule has 0 amide bonds. The van der Waals surface area contributed by atoms with Crippen LogP contribution in [-0.4, -0.2) is 11.2 Å². The van der Waals surface area contributed by atoms with Crippen LogP contribution in [0.25, 0.3) is 11.1 Å². The molecule has 1 aliphatic rings. The minimum absolute atomic E-state index is 0.236. The maximum Gasteiger partial charge on any atom is 0.270 e. The van der Waals surface area contributed by atoms with Gasteiger partial charge in [-0.25, -0.2) is 0 Å². The van der Waals surface area contributed by atoms with Gasteiger partial charge in [-0.2, -0.15) is 21.0 Å². The summed E-state index contributed by atoms with van der Waals surface area (Å²) in [6, 6.07) is 21.9. The summed E-state index contributed by atoms with van der Waals surface area (Å²) in [4.78, 5) is 0. The molecule has 0 atom stereocenters. The third-order valence-electron chi connectivity index (χ3n) is 4.57. The van der Waals surface area contributed by atoms with Crippen molar-refractivity contribution in [2.45, 2.75) is 25.0 Å². The summed E-state index contributed by atoms with van der Waals surface area (Å²) in [5, 5.41) is 39.1. The number of nitrogens with zero attached hydrogens (tertiary/aromatic N) is 4. The Balaban J connectivity index is 2.47. The lowest BCUT2D eigenvalue weighted by Gasteiger charge is -2.18. The van der Waals surface area contributed by atoms with E-state index in [1.807, 2.05) is 62.4 Å². The summed E-state index contributed by atoms with van der Waals surface area (Å²) < 4.78 is 5.61. The van der Waals surface area contributed by atoms with Crippen molar-refractivity contribution in [2.24, 2.45) is 0 Å². The summed E-state index contributed by atoms with van der Waals surface area (Å²) in [7, 11) is 0. The van der Waals surface area contributed by atoms with E-state index in [0.717, 1.165) is 11.1 Å². The van der Waals surface area contributed by atoms with Gasteiger partial charge >= 0.3 is 0 Å². The molecule has 5 heteroatoms. The third kappa shape index (κ3) is 2.65. The van der Waals surface area contributed by atoms with Gasteiger partial charge < -0.3 is 4.74 Å². The highest BCUT2D eigenvalue weighted by Crippen LogP contribution is 2.51. The molecule has 2 aromatic rings. The first kappa shape index (κ1) is 17.9. The first-order valence-corrected chi connectivity index (χ1v) is 8.20. The maximum absolute atomic E-state index is 9.78. The monoisotopic (exact) mass is 350 g/mol. The number of ether oxygens (including phenoxy) is 1. The van der Waals surface area contributed by atoms with Gasteiger partial charge in [0.05, 0.1) is 0 Å². The quantitative estimate of drug-likeness (QED) is 0.819. The molecule has 0 aliphatic carbocycles. The summed E-state index contributed by atoms with van der Waals surface area (Å²) in [6.07, 6.45) is 0. The van der Waals surface area contributed by atoms with Crippen molar-refractivity contribution in [3.8, 4) is 24.3 Å². The molecule has 0 fully saturated rings. The normalized spacial score (nSPS) is 16.7. The standard InChI is InChI=1S/C22H14N4O/c1-15-3-7-17(8-4-15)19-20(18-9-5-16(2)6-10-18)22(13-25,14-26)27-21(19,11-23)12-24/h3-10H,1-2H3. The molecule has 5 nitrogen and oxygen atoms in total. The van der Waals surface area contributed by atoms with Crippen LogP contribution in [0.3, 0.4) is 0 Å². The molecule has 0 bridgehead atoms. The molecular weight excluding hydrogens is 336 g/mol. The smallest absolute Gasteiger partial charge is 0.270 e. The fourth-order valence-corrected chi connectivity index (χ4v) is 3.18. The second-order valence-corrected chi connectivity index (χ2v) is 6.39. The van der Waals surface area contributed by atoms with Gasteiger partial charge in [0, 0.05) is 11.1 Å². The molecule has 128 valence electrons. The highest BCUT2D eigenvalue weighted by molar-refractivity contribution is 6.05. The zero-order chi connectivity index (χ0) is 19.7. The van der Waals surface area contributed by atoms with Crippen LogP contribution in [0, 0.1) is 59.2 Å². The summed E-state index contributed by atoms with van der Waals surface area (Å²) >= 11 is 0. The topological polar surface area (TPSA) is 104 Å². The minimum Gasteiger partial charge on any atom is -0.305 e. The van der Waals surface area contributed by atoms with E-state index in [9.17, 15) is 21.0 Å². The molecule has 2 aromatic carbocycles. The van der Waals surface area contributed by atoms with E-state index < -0.39 is 11.2 Å². The van der Waals surface area contributed by atoms with Gasteiger partial charge in [-0.05, 0) is 25.0 Å². The first-order chi connectivity index (χ1) is 12.9. The second-order valence-electron chi connectivity index (χ2n) is 6.39. The Hall–Kier alpha value is -3.90. The molecule has 1 aliphatic heterocycles. The molecule has 0 saturated carbocycles. The lowest BCUT2D eigenvalue weighted by Crippen LogP contribution is -2.35. The average molecular weight is 350 g/mol. The van der Waals surface area contributed by atoms with Crippen molar-refractivity contribution >= 4 is 11.1 Å². The lowest BCUT2D eigenvalue weighted by molar-refractivity contribution is 0.0455. The summed E-state index contributed by atoms with van der Waals surface area (Å²) in [6.45, 7) is 3.84. The molecule has 0 unspecified atom stereocenters. The number of rotatable bonds is 2. The van der Waals surface area contributed by atoms with Crippen molar-refractivity contribution < 1.29 is 4.74 Å². The predicted molar refractivity (Wildman–Crippen MR) is 98.2 cm³/mol. The number of nitriles is 4. The van der Waals surface area contributed by atoms with Crippen molar-refractivity contribution in [1.29, 1.82) is 21.0 Å². The molecule has 3 rings (SSSR count). The number of benzene rings is 2. The second kappa shape index (κ2) is 6.44. The van der Waals surface area contributed by atoms with Crippen LogP contribution in [0.15, 0.2) is 48.5 Å². The Morgan fingerprint density at radius 3 is 1.15 bits per heavy atom. The molecular formula is C22H14N4O. The van der Waals surface area contributed by atoms with Crippen LogP contribution in [0.5, 0.6) is 0 Å². The minimum atomic E-state index is -2.05. The highest BCUT2D eigenvalue weighted by Gasteiger charge is 2.58. The molecule has 0 spiro atoms. The van der Waals surface area contributed by atoms with Crippen LogP contribution >= 0.6 is 0 Å². The van der Waals surface area contributed by atoms with Gasteiger partial charge in [-0.3, -0.25) is 0 Å². The fourth-order valence-electron chi connectivity index (χ4n) is 3.18. The van der Waals surface area contributed by atoms with Crippen LogP contribution in [0.2, 0.25) is 0 Å². The maximum atomic E-state index is 9.78. The van der Waals surface area contributed by atoms with E-state index >= 15 is 0 Å². The Kier molecular flexibility index (Phi) is 4.27. The Morgan fingerprint density at radius 2 is 0.889 bits per heavy atom. The SMILES string of the molecule is Cc1ccc(C2=C(c3ccc(C)cc3)C(C#N)(C#N)OC2(C#N)C#N)cc1. The van der Waals surface area contributed by atoms with E-state index in [1.165, 1.54) is 0 Å². The molecule has 0 saturated heterocycles. The van der Waals surface area contributed by atoms with Gasteiger partial charge in [-0.1, -0.05) is 59.7 Å². The van der Waals surface area contributed by atoms with Crippen LogP contribution in [0.1, 0.15) is 22.3 Å². The van der Waals surface area contributed by atoms with Crippen molar-refractivity contribution in [3.63, 3.8) is 0 Å². The van der Waals surface area contributed by atoms with Crippen molar-refractivity contribution in [3.05, 3.63) is 70.8 Å². The van der Waals surface area contributed by atoms with Gasteiger partial charge in [0.1, 0.15) is 24.3 Å². The van der Waals surface area contributed by atoms with Crippen LogP contribution in [0.4, 0.5) is 0 Å². The van der Waals surface area contributed by atoms with Crippen molar-refractivity contribution in [2.75, 3.05) is 0 Å². The number of aryl methyl sites for hydroxylation is 2. The molecule has 0 N–H and O–H groups in total. The predicted octanol–water partition coefficient (Wildman–Crippen LogP) is 3.82. The van der Waals surface area contributed by atoms with E-state index in [-0.39, 0.29) is 11.1 Å². The molecule has 27 heavy (non-hydrogen) atoms. The molecule has 1 heterocycles. The number of hydrogen-bond acceptors (Lipinski definition) is 5. The van der Waals surface area contributed by atoms with Crippen LogP contribution < -0.4 is 0 Å². The Bertz CT molecular complexity index is 980. The zero-order valence-corrected chi connectivity index (χ0v) is 14.8. The van der Waals surface area contributed by atoms with Gasteiger partial charge in [0.15, 0.2) is 0 Å². The van der Waals surface area contributed by atoms with E-state index in [2.05, 4.69) is 0 Å². The molecule has 0 radical (unpaired) electrons. The summed E-state index contributed by atoms with van der Waals surface area (Å²) in [5.74, 6) is 0. The van der Waals surface area contributed by atoms with Gasteiger partial charge in [0.25, 0.3) is 11.2 Å². The zero-order valence-electron chi connectivity index (χ0n) is 14.8. The largest absolute Gasteiger partial charge is 0.305 e. The highest BCUT2D eigenvalue weighted by atomic mass is 16.5. The van der Waals surface area contributed by atoms with Gasteiger partial charge in [0.2, 0.25) is 0 Å². The van der Waals surface area contributed by atoms with E-state index in [1.54, 1.807) is 24.3 Å². The lowest BCUT2D eigenvalue weighted by atomic mass is 9.81. The van der Waals surface area contributed by atoms with E-state index in [0.29, 0.717) is 11.1 Å². The fraction of sp³-hybridized carbons (Fsp3) is 0.182. The van der Waals surface area contributed by atoms with Crippen molar-refractivity contribution in [1.82, 2.24) is 0 Å². The van der Waals surface area contributed by atoms with Gasteiger partial charge in [-0.15, -0.1) is 0 Å². The average Bonchev–Trinajstić information content (AvgIpc) is 3.01. The summed E-state index contributed by atoms with van der Waals surface area (Å²) in [5.41, 5.74) is -0.512. The van der Waals surface area contributed by atoms with Crippen LogP contribution in [-0.2, 0) is 4.74 Å².